The molecule has 0 aliphatic rings. The summed E-state index contributed by atoms with van der Waals surface area (Å²) in [6.07, 6.45) is 6.72. The number of hydrogen-bond donors (Lipinski definition) is 0. The van der Waals surface area contributed by atoms with Gasteiger partial charge in [-0.3, -0.25) is 0 Å². The van der Waals surface area contributed by atoms with Crippen LogP contribution < -0.4 is 0 Å². The summed E-state index contributed by atoms with van der Waals surface area (Å²) in [6, 6.07) is 35.6. The van der Waals surface area contributed by atoms with Crippen LogP contribution in [-0.4, -0.2) is 75.4 Å². The molecule has 0 spiro atoms. The third-order valence-electron chi connectivity index (χ3n) is 8.90. The molecule has 45 heavy (non-hydrogen) atoms. The molecule has 0 heterocycles. The van der Waals surface area contributed by atoms with Crippen LogP contribution in [0.4, 0.5) is 0 Å². The van der Waals surface area contributed by atoms with Crippen LogP contribution in [0.1, 0.15) is 96.2 Å². The molecule has 0 aliphatic heterocycles. The van der Waals surface area contributed by atoms with Crippen molar-refractivity contribution in [3.63, 3.8) is 0 Å². The molecular formula is C40H54Li4O. The average molecular weight is 579 g/mol. The van der Waals surface area contributed by atoms with E-state index in [1.165, 1.54) is 44.5 Å². The Morgan fingerprint density at radius 3 is 1.16 bits per heavy atom. The Bertz CT molecular complexity index is 1250. The zero-order chi connectivity index (χ0) is 29.2. The Kier molecular flexibility index (Phi) is 22.3. The average Bonchev–Trinajstić information content (AvgIpc) is 2.98. The molecule has 1 nitrogen and oxygen atoms in total. The summed E-state index contributed by atoms with van der Waals surface area (Å²) in [4.78, 5) is 0. The van der Waals surface area contributed by atoms with E-state index in [0.717, 1.165) is 38.5 Å². The van der Waals surface area contributed by atoms with Crippen molar-refractivity contribution >= 4 is 75.4 Å². The van der Waals surface area contributed by atoms with Gasteiger partial charge in [-0.1, -0.05) is 111 Å². The third kappa shape index (κ3) is 14.5. The molecule has 4 aromatic rings. The second kappa shape index (κ2) is 22.7. The van der Waals surface area contributed by atoms with E-state index >= 15 is 0 Å². The summed E-state index contributed by atoms with van der Waals surface area (Å²) in [5, 5.41) is 0. The predicted octanol–water partition coefficient (Wildman–Crippen LogP) is 8.44. The summed E-state index contributed by atoms with van der Waals surface area (Å²) >= 11 is 0. The molecule has 4 atom stereocenters. The van der Waals surface area contributed by atoms with E-state index in [1.807, 2.05) is 0 Å². The van der Waals surface area contributed by atoms with Gasteiger partial charge in [0.15, 0.2) is 0 Å². The second-order valence-corrected chi connectivity index (χ2v) is 12.5. The van der Waals surface area contributed by atoms with Crippen LogP contribution >= 0.6 is 0 Å². The fourth-order valence-corrected chi connectivity index (χ4v) is 5.75. The standard InChI is InChI=1S/C40H50O.4Li.4H/c1-29(17-21-35-13-9-7-10-14-35)25-39(37-23-19-31(3)33(5)27-37)41-40(38-24-20-32(4)34(6)28-38)26-30(2)18-22-36-15-11-8-12-16-36;;;;;;;;/h7-16,19-20,23-24,27-30,39-40H,17-18,21-22,25-26H2,1-6H3;;;;;;;;. The zero-order valence-corrected chi connectivity index (χ0v) is 26.2. The fraction of sp³-hybridized carbons (Fsp3) is 0.400. The minimum atomic E-state index is 0. The van der Waals surface area contributed by atoms with Gasteiger partial charge in [0.2, 0.25) is 0 Å². The van der Waals surface area contributed by atoms with E-state index in [4.69, 9.17) is 4.74 Å². The van der Waals surface area contributed by atoms with Gasteiger partial charge < -0.3 is 4.74 Å². The van der Waals surface area contributed by atoms with Crippen LogP contribution in [0.25, 0.3) is 0 Å². The van der Waals surface area contributed by atoms with Crippen molar-refractivity contribution in [2.45, 2.75) is 92.3 Å². The topological polar surface area (TPSA) is 9.23 Å². The van der Waals surface area contributed by atoms with Crippen molar-refractivity contribution in [3.8, 4) is 0 Å². The number of benzene rings is 4. The molecule has 4 unspecified atom stereocenters. The molecule has 0 radical (unpaired) electrons. The van der Waals surface area contributed by atoms with E-state index in [2.05, 4.69) is 139 Å². The van der Waals surface area contributed by atoms with E-state index in [0.29, 0.717) is 11.8 Å². The molecule has 224 valence electrons. The van der Waals surface area contributed by atoms with Gasteiger partial charge in [0.1, 0.15) is 0 Å². The summed E-state index contributed by atoms with van der Waals surface area (Å²) in [5.74, 6) is 1.11. The molecule has 0 aliphatic carbocycles. The first-order valence-corrected chi connectivity index (χ1v) is 15.7. The SMILES string of the molecule is Cc1ccc(C(CC(C)CCc2ccccc2)OC(CC(C)CCc2ccccc2)c2ccc(C)c(C)c2)cc1C.[LiH].[LiH].[LiH].[LiH]. The van der Waals surface area contributed by atoms with E-state index < -0.39 is 0 Å². The Morgan fingerprint density at radius 1 is 0.467 bits per heavy atom. The van der Waals surface area contributed by atoms with Gasteiger partial charge in [0.05, 0.1) is 12.2 Å². The number of aryl methyl sites for hydroxylation is 6. The van der Waals surface area contributed by atoms with Gasteiger partial charge in [-0.05, 0) is 123 Å². The normalized spacial score (nSPS) is 13.1. The van der Waals surface area contributed by atoms with Crippen LogP contribution in [0.2, 0.25) is 0 Å². The maximum absolute atomic E-state index is 7.26. The van der Waals surface area contributed by atoms with E-state index in [9.17, 15) is 0 Å². The maximum atomic E-state index is 7.26. The molecule has 0 saturated carbocycles. The number of ether oxygens (including phenoxy) is 1. The predicted molar refractivity (Wildman–Crippen MR) is 204 cm³/mol. The van der Waals surface area contributed by atoms with Crippen LogP contribution in [0.3, 0.4) is 0 Å². The molecular weight excluding hydrogens is 524 g/mol. The van der Waals surface area contributed by atoms with Crippen molar-refractivity contribution in [2.24, 2.45) is 11.8 Å². The Balaban J connectivity index is 0.00000484. The molecule has 0 amide bonds. The van der Waals surface area contributed by atoms with Gasteiger partial charge in [0.25, 0.3) is 0 Å². The molecule has 0 bridgehead atoms. The summed E-state index contributed by atoms with van der Waals surface area (Å²) in [7, 11) is 0. The fourth-order valence-electron chi connectivity index (χ4n) is 5.75. The first-order chi connectivity index (χ1) is 19.8. The van der Waals surface area contributed by atoms with Gasteiger partial charge in [-0.2, -0.15) is 0 Å². The van der Waals surface area contributed by atoms with E-state index in [1.54, 1.807) is 0 Å². The van der Waals surface area contributed by atoms with Crippen molar-refractivity contribution in [2.75, 3.05) is 0 Å². The van der Waals surface area contributed by atoms with Crippen LogP contribution in [-0.2, 0) is 17.6 Å². The second-order valence-electron chi connectivity index (χ2n) is 12.5. The van der Waals surface area contributed by atoms with Crippen LogP contribution in [0.5, 0.6) is 0 Å². The third-order valence-corrected chi connectivity index (χ3v) is 8.90. The van der Waals surface area contributed by atoms with Crippen molar-refractivity contribution in [1.82, 2.24) is 0 Å². The Labute approximate surface area is 323 Å². The zero-order valence-electron chi connectivity index (χ0n) is 26.2. The monoisotopic (exact) mass is 578 g/mol. The quantitative estimate of drug-likeness (QED) is 0.137. The van der Waals surface area contributed by atoms with Crippen LogP contribution in [0, 0.1) is 39.5 Å². The molecule has 0 saturated heterocycles. The van der Waals surface area contributed by atoms with Gasteiger partial charge in [-0.25, -0.2) is 0 Å². The van der Waals surface area contributed by atoms with Crippen molar-refractivity contribution in [3.05, 3.63) is 142 Å². The van der Waals surface area contributed by atoms with Crippen molar-refractivity contribution < 1.29 is 4.74 Å². The molecule has 0 fully saturated rings. The summed E-state index contributed by atoms with van der Waals surface area (Å²) in [6.45, 7) is 13.6. The molecule has 0 N–H and O–H groups in total. The first-order valence-electron chi connectivity index (χ1n) is 15.7. The van der Waals surface area contributed by atoms with Crippen molar-refractivity contribution in [1.29, 1.82) is 0 Å². The van der Waals surface area contributed by atoms with Gasteiger partial charge in [-0.15, -0.1) is 0 Å². The molecule has 4 rings (SSSR count). The first kappa shape index (κ1) is 44.2. The summed E-state index contributed by atoms with van der Waals surface area (Å²) in [5.41, 5.74) is 10.8. The Hall–Kier alpha value is -0.770. The molecule has 4 aromatic carbocycles. The number of rotatable bonds is 14. The molecule has 0 aromatic heterocycles. The number of hydrogen-bond acceptors (Lipinski definition) is 1. The summed E-state index contributed by atoms with van der Waals surface area (Å²) < 4.78 is 7.26. The van der Waals surface area contributed by atoms with Gasteiger partial charge >= 0.3 is 75.4 Å². The molecule has 5 heteroatoms. The Morgan fingerprint density at radius 2 is 0.822 bits per heavy atom. The van der Waals surface area contributed by atoms with E-state index in [-0.39, 0.29) is 87.7 Å². The van der Waals surface area contributed by atoms with Gasteiger partial charge in [0, 0.05) is 0 Å². The minimum absolute atomic E-state index is 0. The van der Waals surface area contributed by atoms with Crippen LogP contribution in [0.15, 0.2) is 97.1 Å².